The molecule has 2 aromatic carbocycles. The SMILES string of the molecule is C#CCCNc1cc(-c2cc(C(F)(F)F)ccc2-c2nncn2C)cc(N2Cc3c(cc(CO)cc3C(F)(F)F)C2=O)n1. The lowest BCUT2D eigenvalue weighted by Crippen LogP contribution is -2.24. The van der Waals surface area contributed by atoms with E-state index in [0.717, 1.165) is 23.1 Å². The van der Waals surface area contributed by atoms with Crippen LogP contribution in [-0.2, 0) is 32.6 Å². The van der Waals surface area contributed by atoms with Crippen molar-refractivity contribution in [2.24, 2.45) is 7.05 Å². The molecule has 4 aromatic rings. The second kappa shape index (κ2) is 11.1. The number of carbonyl (C=O) groups is 1. The Kier molecular flexibility index (Phi) is 7.61. The fourth-order valence-corrected chi connectivity index (χ4v) is 4.84. The standard InChI is InChI=1S/C29H22F6N6O2/c1-3-4-7-36-24-10-17(20-12-18(28(30,31)32)5-6-19(20)26-39-37-15-40(26)2)11-25(38-24)41-13-22-21(27(41)43)8-16(14-42)9-23(22)29(33,34)35/h1,5-6,8-12,15,42H,4,7,13-14H2,2H3,(H,36,38). The Hall–Kier alpha value is -4.90. The fourth-order valence-electron chi connectivity index (χ4n) is 4.84. The number of aromatic nitrogens is 4. The summed E-state index contributed by atoms with van der Waals surface area (Å²) in [5.74, 6) is 1.89. The maximum atomic E-state index is 13.9. The Labute approximate surface area is 241 Å². The van der Waals surface area contributed by atoms with E-state index in [1.54, 1.807) is 7.05 Å². The predicted molar refractivity (Wildman–Crippen MR) is 144 cm³/mol. The van der Waals surface area contributed by atoms with E-state index < -0.39 is 42.5 Å². The average Bonchev–Trinajstić information content (AvgIpc) is 3.53. The molecule has 8 nitrogen and oxygen atoms in total. The Morgan fingerprint density at radius 2 is 1.79 bits per heavy atom. The molecule has 43 heavy (non-hydrogen) atoms. The number of halogens is 6. The first-order chi connectivity index (χ1) is 20.3. The highest BCUT2D eigenvalue weighted by Crippen LogP contribution is 2.42. The van der Waals surface area contributed by atoms with E-state index in [1.165, 1.54) is 35.2 Å². The van der Waals surface area contributed by atoms with Gasteiger partial charge in [-0.05, 0) is 64.7 Å². The van der Waals surface area contributed by atoms with E-state index >= 15 is 0 Å². The molecule has 0 spiro atoms. The van der Waals surface area contributed by atoms with E-state index in [-0.39, 0.29) is 63.8 Å². The minimum atomic E-state index is -4.81. The van der Waals surface area contributed by atoms with E-state index in [4.69, 9.17) is 6.42 Å². The minimum Gasteiger partial charge on any atom is -0.392 e. The number of aliphatic hydroxyl groups is 1. The zero-order valence-corrected chi connectivity index (χ0v) is 22.4. The number of pyridine rings is 1. The lowest BCUT2D eigenvalue weighted by atomic mass is 9.96. The Bertz CT molecular complexity index is 1760. The summed E-state index contributed by atoms with van der Waals surface area (Å²) >= 11 is 0. The van der Waals surface area contributed by atoms with Gasteiger partial charge in [0.05, 0.1) is 24.3 Å². The van der Waals surface area contributed by atoms with Crippen molar-refractivity contribution in [2.75, 3.05) is 16.8 Å². The molecule has 0 bridgehead atoms. The predicted octanol–water partition coefficient (Wildman–Crippen LogP) is 5.67. The molecule has 2 N–H and O–H groups in total. The number of nitrogens with one attached hydrogen (secondary N) is 1. The third-order valence-electron chi connectivity index (χ3n) is 6.86. The Morgan fingerprint density at radius 1 is 1.02 bits per heavy atom. The summed E-state index contributed by atoms with van der Waals surface area (Å²) in [5.41, 5.74) is -2.17. The topological polar surface area (TPSA) is 96.2 Å². The number of amides is 1. The molecule has 0 saturated heterocycles. The van der Waals surface area contributed by atoms with Gasteiger partial charge < -0.3 is 15.0 Å². The number of aryl methyl sites for hydroxylation is 1. The summed E-state index contributed by atoms with van der Waals surface area (Å²) in [6, 6.07) is 7.81. The lowest BCUT2D eigenvalue weighted by Gasteiger charge is -2.20. The summed E-state index contributed by atoms with van der Waals surface area (Å²) in [6.07, 6.45) is -2.53. The van der Waals surface area contributed by atoms with Crippen LogP contribution >= 0.6 is 0 Å². The highest BCUT2D eigenvalue weighted by atomic mass is 19.4. The van der Waals surface area contributed by atoms with Crippen LogP contribution in [0, 0.1) is 12.3 Å². The van der Waals surface area contributed by atoms with Crippen LogP contribution in [0.25, 0.3) is 22.5 Å². The summed E-state index contributed by atoms with van der Waals surface area (Å²) < 4.78 is 84.7. The summed E-state index contributed by atoms with van der Waals surface area (Å²) in [6.45, 7) is -1.01. The Balaban J connectivity index is 1.69. The van der Waals surface area contributed by atoms with Gasteiger partial charge in [-0.25, -0.2) is 4.98 Å². The molecular weight excluding hydrogens is 578 g/mol. The zero-order valence-electron chi connectivity index (χ0n) is 22.4. The van der Waals surface area contributed by atoms with Gasteiger partial charge in [-0.2, -0.15) is 26.3 Å². The number of hydrogen-bond donors (Lipinski definition) is 2. The van der Waals surface area contributed by atoms with Crippen LogP contribution < -0.4 is 10.2 Å². The Morgan fingerprint density at radius 3 is 2.42 bits per heavy atom. The van der Waals surface area contributed by atoms with E-state index in [1.807, 2.05) is 0 Å². The normalized spacial score (nSPS) is 13.3. The van der Waals surface area contributed by atoms with Crippen molar-refractivity contribution in [3.05, 3.63) is 76.6 Å². The van der Waals surface area contributed by atoms with E-state index in [9.17, 15) is 36.2 Å². The number of carbonyl (C=O) groups excluding carboxylic acids is 1. The molecule has 0 unspecified atom stereocenters. The quantitative estimate of drug-likeness (QED) is 0.161. The highest BCUT2D eigenvalue weighted by Gasteiger charge is 2.41. The number of anilines is 2. The number of nitrogens with zero attached hydrogens (tertiary/aromatic N) is 5. The second-order valence-corrected chi connectivity index (χ2v) is 9.72. The number of hydrogen-bond acceptors (Lipinski definition) is 6. The van der Waals surface area contributed by atoms with E-state index in [0.29, 0.717) is 0 Å². The van der Waals surface area contributed by atoms with Crippen molar-refractivity contribution in [1.82, 2.24) is 19.7 Å². The van der Waals surface area contributed by atoms with Crippen LogP contribution in [0.2, 0.25) is 0 Å². The molecule has 5 rings (SSSR count). The van der Waals surface area contributed by atoms with Crippen LogP contribution in [0.15, 0.2) is 48.8 Å². The van der Waals surface area contributed by atoms with Gasteiger partial charge in [0.1, 0.15) is 18.0 Å². The van der Waals surface area contributed by atoms with Crippen molar-refractivity contribution < 1.29 is 36.2 Å². The maximum absolute atomic E-state index is 13.9. The van der Waals surface area contributed by atoms with Crippen molar-refractivity contribution in [3.8, 4) is 34.9 Å². The highest BCUT2D eigenvalue weighted by molar-refractivity contribution is 6.10. The maximum Gasteiger partial charge on any atom is 0.416 e. The van der Waals surface area contributed by atoms with Crippen molar-refractivity contribution in [1.29, 1.82) is 0 Å². The molecule has 0 atom stereocenters. The monoisotopic (exact) mass is 600 g/mol. The first-order valence-corrected chi connectivity index (χ1v) is 12.7. The van der Waals surface area contributed by atoms with Gasteiger partial charge in [0.2, 0.25) is 0 Å². The van der Waals surface area contributed by atoms with Crippen LogP contribution in [0.5, 0.6) is 0 Å². The number of benzene rings is 2. The summed E-state index contributed by atoms with van der Waals surface area (Å²) in [4.78, 5) is 18.9. The van der Waals surface area contributed by atoms with Crippen molar-refractivity contribution in [3.63, 3.8) is 0 Å². The number of terminal acetylenes is 1. The van der Waals surface area contributed by atoms with Gasteiger partial charge in [-0.15, -0.1) is 22.5 Å². The van der Waals surface area contributed by atoms with Gasteiger partial charge in [0.25, 0.3) is 5.91 Å². The average molecular weight is 601 g/mol. The third-order valence-corrected chi connectivity index (χ3v) is 6.86. The number of rotatable bonds is 7. The number of fused-ring (bicyclic) bond motifs is 1. The van der Waals surface area contributed by atoms with Crippen molar-refractivity contribution >= 4 is 17.5 Å². The van der Waals surface area contributed by atoms with Gasteiger partial charge >= 0.3 is 12.4 Å². The van der Waals surface area contributed by atoms with Crippen LogP contribution in [0.1, 0.15) is 39.0 Å². The smallest absolute Gasteiger partial charge is 0.392 e. The molecule has 1 amide bonds. The van der Waals surface area contributed by atoms with Crippen LogP contribution in [0.3, 0.4) is 0 Å². The van der Waals surface area contributed by atoms with Crippen molar-refractivity contribution in [2.45, 2.75) is 31.9 Å². The van der Waals surface area contributed by atoms with Gasteiger partial charge in [0.15, 0.2) is 5.82 Å². The molecule has 1 aliphatic rings. The van der Waals surface area contributed by atoms with Crippen LogP contribution in [-0.4, -0.2) is 37.3 Å². The molecule has 0 fully saturated rings. The second-order valence-electron chi connectivity index (χ2n) is 9.72. The molecule has 222 valence electrons. The molecule has 0 radical (unpaired) electrons. The molecule has 0 saturated carbocycles. The summed E-state index contributed by atoms with van der Waals surface area (Å²) in [5, 5.41) is 20.3. The van der Waals surface area contributed by atoms with Gasteiger partial charge in [-0.1, -0.05) is 0 Å². The zero-order chi connectivity index (χ0) is 31.1. The van der Waals surface area contributed by atoms with Gasteiger partial charge in [-0.3, -0.25) is 9.69 Å². The van der Waals surface area contributed by atoms with Gasteiger partial charge in [0, 0.05) is 31.1 Å². The minimum absolute atomic E-state index is 0.0669. The molecule has 0 aliphatic carbocycles. The molecule has 1 aliphatic heterocycles. The van der Waals surface area contributed by atoms with Crippen LogP contribution in [0.4, 0.5) is 38.0 Å². The van der Waals surface area contributed by atoms with E-state index in [2.05, 4.69) is 26.4 Å². The summed E-state index contributed by atoms with van der Waals surface area (Å²) in [7, 11) is 1.61. The largest absolute Gasteiger partial charge is 0.416 e. The molecule has 14 heteroatoms. The number of alkyl halides is 6. The number of aliphatic hydroxyl groups excluding tert-OH is 1. The first-order valence-electron chi connectivity index (χ1n) is 12.7. The lowest BCUT2D eigenvalue weighted by molar-refractivity contribution is -0.138. The molecule has 3 heterocycles. The fraction of sp³-hybridized carbons (Fsp3) is 0.241. The molecular formula is C29H22F6N6O2. The molecule has 2 aromatic heterocycles. The first kappa shape index (κ1) is 29.6. The third kappa shape index (κ3) is 5.76.